The molecule has 5 heteroatoms. The molecule has 2 aliphatic heterocycles. The lowest BCUT2D eigenvalue weighted by molar-refractivity contribution is -0.124. The summed E-state index contributed by atoms with van der Waals surface area (Å²) in [5.74, 6) is 2.58. The number of carbonyl (C=O) groups is 1. The summed E-state index contributed by atoms with van der Waals surface area (Å²) in [4.78, 5) is 12.0. The third-order valence-corrected chi connectivity index (χ3v) is 5.69. The van der Waals surface area contributed by atoms with Crippen LogP contribution in [0, 0.1) is 0 Å². The molecule has 2 unspecified atom stereocenters. The molecule has 3 fully saturated rings. The van der Waals surface area contributed by atoms with Crippen LogP contribution < -0.4 is 10.6 Å². The Labute approximate surface area is 125 Å². The van der Waals surface area contributed by atoms with Crippen molar-refractivity contribution in [1.29, 1.82) is 0 Å². The normalized spacial score (nSPS) is 30.9. The van der Waals surface area contributed by atoms with E-state index >= 15 is 0 Å². The van der Waals surface area contributed by atoms with Crippen molar-refractivity contribution >= 4 is 17.7 Å². The van der Waals surface area contributed by atoms with Crippen LogP contribution in [0.25, 0.3) is 0 Å². The van der Waals surface area contributed by atoms with Gasteiger partial charge in [0.15, 0.2) is 0 Å². The molecule has 2 saturated heterocycles. The lowest BCUT2D eigenvalue weighted by Gasteiger charge is -2.44. The molecule has 114 valence electrons. The van der Waals surface area contributed by atoms with Gasteiger partial charge < -0.3 is 15.4 Å². The van der Waals surface area contributed by atoms with E-state index < -0.39 is 0 Å². The molecule has 0 aromatic carbocycles. The van der Waals surface area contributed by atoms with E-state index in [1.54, 1.807) is 0 Å². The van der Waals surface area contributed by atoms with Gasteiger partial charge in [0.05, 0.1) is 11.6 Å². The minimum absolute atomic E-state index is 0.0892. The minimum Gasteiger partial charge on any atom is -0.375 e. The van der Waals surface area contributed by atoms with Gasteiger partial charge in [-0.15, -0.1) is 0 Å². The molecule has 3 rings (SSSR count). The Morgan fingerprint density at radius 1 is 1.25 bits per heavy atom. The first-order valence-corrected chi connectivity index (χ1v) is 9.10. The summed E-state index contributed by atoms with van der Waals surface area (Å²) >= 11 is 2.03. The van der Waals surface area contributed by atoms with Crippen LogP contribution in [0.4, 0.5) is 0 Å². The first-order chi connectivity index (χ1) is 9.67. The van der Waals surface area contributed by atoms with E-state index in [0.717, 1.165) is 32.3 Å². The fourth-order valence-electron chi connectivity index (χ4n) is 3.24. The number of nitrogens with one attached hydrogen (secondary N) is 2. The van der Waals surface area contributed by atoms with Gasteiger partial charge in [-0.25, -0.2) is 0 Å². The number of thioether (sulfide) groups is 1. The van der Waals surface area contributed by atoms with Crippen molar-refractivity contribution in [1.82, 2.24) is 10.6 Å². The Morgan fingerprint density at radius 3 is 2.70 bits per heavy atom. The van der Waals surface area contributed by atoms with Crippen LogP contribution in [0.3, 0.4) is 0 Å². The molecule has 0 radical (unpaired) electrons. The van der Waals surface area contributed by atoms with Gasteiger partial charge in [0, 0.05) is 18.7 Å². The van der Waals surface area contributed by atoms with Crippen LogP contribution >= 0.6 is 11.8 Å². The van der Waals surface area contributed by atoms with Gasteiger partial charge >= 0.3 is 0 Å². The molecule has 0 aromatic heterocycles. The SMILES string of the molecule is CC(NC1CCOC2(CCSCC2)C1)C(=O)NC1CC1. The van der Waals surface area contributed by atoms with Crippen molar-refractivity contribution in [2.45, 2.75) is 69.2 Å². The van der Waals surface area contributed by atoms with Gasteiger partial charge in [0.25, 0.3) is 0 Å². The van der Waals surface area contributed by atoms with E-state index in [0.29, 0.717) is 12.1 Å². The Morgan fingerprint density at radius 2 is 2.00 bits per heavy atom. The predicted molar refractivity (Wildman–Crippen MR) is 82.0 cm³/mol. The third kappa shape index (κ3) is 3.68. The van der Waals surface area contributed by atoms with Crippen LogP contribution in [0.15, 0.2) is 0 Å². The largest absolute Gasteiger partial charge is 0.375 e. The third-order valence-electron chi connectivity index (χ3n) is 4.70. The Kier molecular flexibility index (Phi) is 4.58. The van der Waals surface area contributed by atoms with Crippen molar-refractivity contribution < 1.29 is 9.53 Å². The van der Waals surface area contributed by atoms with Crippen LogP contribution in [0.1, 0.15) is 45.4 Å². The Bertz CT molecular complexity index is 348. The van der Waals surface area contributed by atoms with Gasteiger partial charge in [-0.1, -0.05) is 0 Å². The van der Waals surface area contributed by atoms with Crippen LogP contribution in [0.2, 0.25) is 0 Å². The summed E-state index contributed by atoms with van der Waals surface area (Å²) in [7, 11) is 0. The highest BCUT2D eigenvalue weighted by Crippen LogP contribution is 2.37. The molecule has 20 heavy (non-hydrogen) atoms. The molecular weight excluding hydrogens is 272 g/mol. The maximum absolute atomic E-state index is 12.0. The van der Waals surface area contributed by atoms with Gasteiger partial charge in [0.1, 0.15) is 0 Å². The number of carbonyl (C=O) groups excluding carboxylic acids is 1. The molecule has 2 heterocycles. The molecule has 1 spiro atoms. The predicted octanol–water partition coefficient (Wildman–Crippen LogP) is 1.69. The fraction of sp³-hybridized carbons (Fsp3) is 0.933. The van der Waals surface area contributed by atoms with Crippen molar-refractivity contribution in [3.63, 3.8) is 0 Å². The van der Waals surface area contributed by atoms with Crippen LogP contribution in [-0.2, 0) is 9.53 Å². The first kappa shape index (κ1) is 14.7. The van der Waals surface area contributed by atoms with Gasteiger partial charge in [0.2, 0.25) is 5.91 Å². The lowest BCUT2D eigenvalue weighted by Crippen LogP contribution is -2.53. The summed E-state index contributed by atoms with van der Waals surface area (Å²) in [5, 5.41) is 6.60. The number of amides is 1. The standard InChI is InChI=1S/C15H26N2O2S/c1-11(14(18)17-12-2-3-12)16-13-4-7-19-15(10-13)5-8-20-9-6-15/h11-13,16H,2-10H2,1H3,(H,17,18). The Hall–Kier alpha value is -0.260. The van der Waals surface area contributed by atoms with Crippen molar-refractivity contribution in [2.75, 3.05) is 18.1 Å². The minimum atomic E-state index is -0.0892. The summed E-state index contributed by atoms with van der Waals surface area (Å²) in [6.45, 7) is 2.82. The first-order valence-electron chi connectivity index (χ1n) is 7.95. The topological polar surface area (TPSA) is 50.4 Å². The second-order valence-electron chi connectivity index (χ2n) is 6.50. The summed E-state index contributed by atoms with van der Waals surface area (Å²) in [5.41, 5.74) is 0.0911. The Balaban J connectivity index is 1.49. The second kappa shape index (κ2) is 6.24. The van der Waals surface area contributed by atoms with Crippen LogP contribution in [-0.4, -0.2) is 47.7 Å². The van der Waals surface area contributed by atoms with Crippen molar-refractivity contribution in [3.8, 4) is 0 Å². The molecule has 1 saturated carbocycles. The molecule has 0 bridgehead atoms. The van der Waals surface area contributed by atoms with E-state index in [4.69, 9.17) is 4.74 Å². The number of hydrogen-bond acceptors (Lipinski definition) is 4. The van der Waals surface area contributed by atoms with E-state index in [1.165, 1.54) is 24.3 Å². The van der Waals surface area contributed by atoms with E-state index in [1.807, 2.05) is 18.7 Å². The molecule has 3 aliphatic rings. The maximum Gasteiger partial charge on any atom is 0.237 e. The smallest absolute Gasteiger partial charge is 0.237 e. The highest BCUT2D eigenvalue weighted by molar-refractivity contribution is 7.99. The zero-order chi connectivity index (χ0) is 14.0. The van der Waals surface area contributed by atoms with Crippen LogP contribution in [0.5, 0.6) is 0 Å². The number of hydrogen-bond donors (Lipinski definition) is 2. The molecular formula is C15H26N2O2S. The highest BCUT2D eigenvalue weighted by Gasteiger charge is 2.39. The van der Waals surface area contributed by atoms with Gasteiger partial charge in [-0.3, -0.25) is 4.79 Å². The number of rotatable bonds is 4. The second-order valence-corrected chi connectivity index (χ2v) is 7.73. The molecule has 0 aromatic rings. The van der Waals surface area contributed by atoms with Crippen molar-refractivity contribution in [2.24, 2.45) is 0 Å². The zero-order valence-electron chi connectivity index (χ0n) is 12.3. The average Bonchev–Trinajstić information content (AvgIpc) is 3.23. The van der Waals surface area contributed by atoms with Gasteiger partial charge in [-0.2, -0.15) is 11.8 Å². The average molecular weight is 298 g/mol. The summed E-state index contributed by atoms with van der Waals surface area (Å²) in [6.07, 6.45) is 6.72. The van der Waals surface area contributed by atoms with E-state index in [9.17, 15) is 4.79 Å². The highest BCUT2D eigenvalue weighted by atomic mass is 32.2. The fourth-order valence-corrected chi connectivity index (χ4v) is 4.48. The zero-order valence-corrected chi connectivity index (χ0v) is 13.1. The molecule has 4 nitrogen and oxygen atoms in total. The molecule has 1 amide bonds. The van der Waals surface area contributed by atoms with Crippen molar-refractivity contribution in [3.05, 3.63) is 0 Å². The molecule has 2 N–H and O–H groups in total. The van der Waals surface area contributed by atoms with E-state index in [-0.39, 0.29) is 17.6 Å². The lowest BCUT2D eigenvalue weighted by atomic mass is 9.85. The monoisotopic (exact) mass is 298 g/mol. The van der Waals surface area contributed by atoms with E-state index in [2.05, 4.69) is 10.6 Å². The maximum atomic E-state index is 12.0. The molecule has 2 atom stereocenters. The summed E-state index contributed by atoms with van der Waals surface area (Å²) < 4.78 is 6.10. The van der Waals surface area contributed by atoms with Gasteiger partial charge in [-0.05, 0) is 57.0 Å². The number of ether oxygens (including phenoxy) is 1. The quantitative estimate of drug-likeness (QED) is 0.829. The summed E-state index contributed by atoms with van der Waals surface area (Å²) in [6, 6.07) is 0.781. The molecule has 1 aliphatic carbocycles.